The smallest absolute Gasteiger partial charge is 0.317 e. The summed E-state index contributed by atoms with van der Waals surface area (Å²) in [5.74, 6) is -3.33. The Balaban J connectivity index is 3.26. The van der Waals surface area contributed by atoms with E-state index in [9.17, 15) is 29.7 Å². The minimum atomic E-state index is -1.15. The second-order valence-corrected chi connectivity index (χ2v) is 8.00. The zero-order chi connectivity index (χ0) is 24.3. The molecule has 0 bridgehead atoms. The van der Waals surface area contributed by atoms with E-state index in [0.29, 0.717) is 18.7 Å². The summed E-state index contributed by atoms with van der Waals surface area (Å²) < 4.78 is 0. The Morgan fingerprint density at radius 1 is 0.969 bits per heavy atom. The maximum atomic E-state index is 11.6. The van der Waals surface area contributed by atoms with Gasteiger partial charge in [0.25, 0.3) is 0 Å². The fourth-order valence-electron chi connectivity index (χ4n) is 3.23. The first-order chi connectivity index (χ1) is 15.0. The van der Waals surface area contributed by atoms with Crippen molar-refractivity contribution in [3.63, 3.8) is 0 Å². The van der Waals surface area contributed by atoms with Crippen LogP contribution in [0.4, 0.5) is 5.69 Å². The Labute approximate surface area is 192 Å². The van der Waals surface area contributed by atoms with E-state index in [0.717, 1.165) is 5.56 Å². The van der Waals surface area contributed by atoms with Gasteiger partial charge in [0.05, 0.1) is 30.5 Å². The maximum Gasteiger partial charge on any atom is 0.317 e. The second kappa shape index (κ2) is 13.7. The Hall–Kier alpha value is -2.69. The van der Waals surface area contributed by atoms with E-state index in [1.807, 2.05) is 38.1 Å². The highest BCUT2D eigenvalue weighted by Gasteiger charge is 2.27. The summed E-state index contributed by atoms with van der Waals surface area (Å²) in [6.07, 6.45) is 0.394. The van der Waals surface area contributed by atoms with Gasteiger partial charge in [-0.15, -0.1) is 0 Å². The van der Waals surface area contributed by atoms with E-state index in [-0.39, 0.29) is 19.1 Å². The molecule has 32 heavy (non-hydrogen) atoms. The predicted octanol–water partition coefficient (Wildman–Crippen LogP) is 1.14. The first-order valence-electron chi connectivity index (χ1n) is 9.96. The summed E-state index contributed by atoms with van der Waals surface area (Å²) in [7, 11) is 3.77. The van der Waals surface area contributed by atoms with Crippen LogP contribution in [0.15, 0.2) is 29.3 Å². The van der Waals surface area contributed by atoms with Crippen LogP contribution in [0.25, 0.3) is 0 Å². The van der Waals surface area contributed by atoms with Crippen molar-refractivity contribution in [3.8, 4) is 0 Å². The topological polar surface area (TPSA) is 134 Å². The Morgan fingerprint density at radius 3 is 1.94 bits per heavy atom. The first-order valence-corrected chi connectivity index (χ1v) is 10.4. The molecule has 0 spiro atoms. The zero-order valence-corrected chi connectivity index (χ0v) is 19.3. The number of carboxylic acid groups (broad SMARTS) is 3. The number of carbonyl (C=O) groups is 3. The third-order valence-electron chi connectivity index (χ3n) is 5.00. The van der Waals surface area contributed by atoms with Gasteiger partial charge in [-0.05, 0) is 57.4 Å². The van der Waals surface area contributed by atoms with Crippen LogP contribution in [0, 0.1) is 0 Å². The van der Waals surface area contributed by atoms with Crippen molar-refractivity contribution in [2.24, 2.45) is 4.99 Å². The molecule has 0 aliphatic rings. The molecule has 1 rings (SSSR count). The molecule has 2 atom stereocenters. The van der Waals surface area contributed by atoms with E-state index in [1.54, 1.807) is 17.0 Å². The Bertz CT molecular complexity index is 810. The fourth-order valence-corrected chi connectivity index (χ4v) is 3.33. The second-order valence-electron chi connectivity index (χ2n) is 7.82. The van der Waals surface area contributed by atoms with Gasteiger partial charge < -0.3 is 20.2 Å². The van der Waals surface area contributed by atoms with E-state index in [4.69, 9.17) is 0 Å². The number of aliphatic carboxylic acids is 3. The molecule has 0 fully saturated rings. The van der Waals surface area contributed by atoms with Crippen LogP contribution in [0.3, 0.4) is 0 Å². The summed E-state index contributed by atoms with van der Waals surface area (Å²) in [5.41, 5.74) is 1.50. The van der Waals surface area contributed by atoms with Gasteiger partial charge in [0, 0.05) is 25.2 Å². The average molecular weight is 467 g/mol. The maximum absolute atomic E-state index is 11.6. The Kier molecular flexibility index (Phi) is 11.7. The molecule has 0 radical (unpaired) electrons. The predicted molar refractivity (Wildman–Crippen MR) is 123 cm³/mol. The largest absolute Gasteiger partial charge is 0.480 e. The van der Waals surface area contributed by atoms with Crippen molar-refractivity contribution in [3.05, 3.63) is 29.8 Å². The minimum Gasteiger partial charge on any atom is -0.480 e. The van der Waals surface area contributed by atoms with Crippen molar-refractivity contribution in [1.29, 1.82) is 0 Å². The molecule has 176 valence electrons. The third-order valence-corrected chi connectivity index (χ3v) is 5.10. The van der Waals surface area contributed by atoms with Crippen LogP contribution in [-0.2, 0) is 20.8 Å². The van der Waals surface area contributed by atoms with Crippen LogP contribution in [0.1, 0.15) is 12.5 Å². The summed E-state index contributed by atoms with van der Waals surface area (Å²) in [4.78, 5) is 43.0. The molecule has 10 nitrogen and oxygen atoms in total. The van der Waals surface area contributed by atoms with Gasteiger partial charge in [0.15, 0.2) is 0 Å². The number of nitrogens with zero attached hydrogens (tertiary/aromatic N) is 4. The Morgan fingerprint density at radius 2 is 1.50 bits per heavy atom. The van der Waals surface area contributed by atoms with Gasteiger partial charge in [-0.25, -0.2) is 0 Å². The zero-order valence-electron chi connectivity index (χ0n) is 18.5. The number of benzene rings is 1. The lowest BCUT2D eigenvalue weighted by atomic mass is 10.0. The molecule has 2 unspecified atom stereocenters. The summed E-state index contributed by atoms with van der Waals surface area (Å²) in [5, 5.41) is 30.2. The highest BCUT2D eigenvalue weighted by molar-refractivity contribution is 7.78. The lowest BCUT2D eigenvalue weighted by Crippen LogP contribution is -2.52. The number of aliphatic imine (C=N–C) groups is 1. The van der Waals surface area contributed by atoms with Crippen LogP contribution < -0.4 is 0 Å². The molecule has 0 aliphatic carbocycles. The molecule has 1 aromatic carbocycles. The lowest BCUT2D eigenvalue weighted by molar-refractivity contribution is -0.144. The number of hydrogen-bond acceptors (Lipinski definition) is 8. The highest BCUT2D eigenvalue weighted by Crippen LogP contribution is 2.17. The van der Waals surface area contributed by atoms with Crippen LogP contribution >= 0.6 is 12.2 Å². The third kappa shape index (κ3) is 10.6. The molecule has 3 N–H and O–H groups in total. The van der Waals surface area contributed by atoms with E-state index >= 15 is 0 Å². The standard InChI is InChI=1S/C21H30N4O6S/c1-15(23(2)3)9-25(13-21(30)31)18(10-24(11-19(26)27)12-20(28)29)8-16-4-6-17(7-5-16)22-14-32/h4-7,15,18H,8-13H2,1-3H3,(H,26,27)(H,28,29)(H,30,31). The molecule has 0 saturated heterocycles. The lowest BCUT2D eigenvalue weighted by Gasteiger charge is -2.36. The van der Waals surface area contributed by atoms with Gasteiger partial charge in [-0.2, -0.15) is 4.99 Å². The van der Waals surface area contributed by atoms with Gasteiger partial charge in [0.2, 0.25) is 0 Å². The van der Waals surface area contributed by atoms with Crippen molar-refractivity contribution < 1.29 is 29.7 Å². The summed E-state index contributed by atoms with van der Waals surface area (Å²) in [6, 6.07) is 6.73. The van der Waals surface area contributed by atoms with Gasteiger partial charge in [-0.3, -0.25) is 24.2 Å². The average Bonchev–Trinajstić information content (AvgIpc) is 2.67. The number of isothiocyanates is 1. The quantitative estimate of drug-likeness (QED) is 0.255. The first kappa shape index (κ1) is 27.3. The molecule has 1 aromatic rings. The number of thiocarbonyl (C=S) groups is 1. The normalized spacial score (nSPS) is 13.1. The van der Waals surface area contributed by atoms with Crippen LogP contribution in [-0.4, -0.2) is 112 Å². The SMILES string of the molecule is CC(CN(CC(=O)O)C(Cc1ccc(N=C=S)cc1)CN(CC(=O)O)CC(=O)O)N(C)C. The molecule has 0 saturated carbocycles. The number of rotatable bonds is 15. The number of likely N-dealkylation sites (N-methyl/N-ethyl adjacent to an activating group) is 1. The molecule has 11 heteroatoms. The monoisotopic (exact) mass is 466 g/mol. The molecule has 0 aliphatic heterocycles. The van der Waals surface area contributed by atoms with Gasteiger partial charge >= 0.3 is 17.9 Å². The molecular weight excluding hydrogens is 436 g/mol. The number of hydrogen-bond donors (Lipinski definition) is 3. The molecule has 0 aromatic heterocycles. The highest BCUT2D eigenvalue weighted by atomic mass is 32.1. The van der Waals surface area contributed by atoms with Crippen LogP contribution in [0.2, 0.25) is 0 Å². The molecule has 0 amide bonds. The van der Waals surface area contributed by atoms with Gasteiger partial charge in [-0.1, -0.05) is 12.1 Å². The van der Waals surface area contributed by atoms with Crippen molar-refractivity contribution in [2.45, 2.75) is 25.4 Å². The fraction of sp³-hybridized carbons (Fsp3) is 0.524. The van der Waals surface area contributed by atoms with E-state index in [1.165, 1.54) is 4.90 Å². The van der Waals surface area contributed by atoms with Crippen LogP contribution in [0.5, 0.6) is 0 Å². The number of carboxylic acids is 3. The summed E-state index contributed by atoms with van der Waals surface area (Å²) in [6.45, 7) is 1.25. The summed E-state index contributed by atoms with van der Waals surface area (Å²) >= 11 is 4.60. The minimum absolute atomic E-state index is 0.0172. The molecule has 0 heterocycles. The van der Waals surface area contributed by atoms with E-state index < -0.39 is 37.0 Å². The van der Waals surface area contributed by atoms with Gasteiger partial charge in [0.1, 0.15) is 0 Å². The van der Waals surface area contributed by atoms with Crippen molar-refractivity contribution >= 4 is 41.0 Å². The van der Waals surface area contributed by atoms with Crippen molar-refractivity contribution in [2.75, 3.05) is 46.8 Å². The van der Waals surface area contributed by atoms with Crippen molar-refractivity contribution in [1.82, 2.24) is 14.7 Å². The molecular formula is C21H30N4O6S. The van der Waals surface area contributed by atoms with E-state index in [2.05, 4.69) is 22.4 Å².